The fourth-order valence-electron chi connectivity index (χ4n) is 3.20. The van der Waals surface area contributed by atoms with Crippen LogP contribution in [0.3, 0.4) is 0 Å². The summed E-state index contributed by atoms with van der Waals surface area (Å²) in [6.07, 6.45) is 1.55. The molecule has 1 N–H and O–H groups in total. The van der Waals surface area contributed by atoms with Gasteiger partial charge in [0.25, 0.3) is 5.91 Å². The number of anilines is 2. The lowest BCUT2D eigenvalue weighted by Crippen LogP contribution is -2.42. The molecule has 160 valence electrons. The molecule has 1 aliphatic heterocycles. The van der Waals surface area contributed by atoms with E-state index in [4.69, 9.17) is 9.47 Å². The molecule has 2 amide bonds. The van der Waals surface area contributed by atoms with E-state index in [2.05, 4.69) is 10.3 Å². The van der Waals surface area contributed by atoms with Crippen LogP contribution in [0.5, 0.6) is 5.75 Å². The number of fused-ring (bicyclic) bond motifs is 1. The van der Waals surface area contributed by atoms with Gasteiger partial charge in [-0.15, -0.1) is 11.3 Å². The van der Waals surface area contributed by atoms with Crippen molar-refractivity contribution in [2.45, 2.75) is 33.6 Å². The van der Waals surface area contributed by atoms with Gasteiger partial charge in [-0.05, 0) is 38.0 Å². The van der Waals surface area contributed by atoms with Gasteiger partial charge in [0.05, 0.1) is 18.0 Å². The number of thiazole rings is 1. The van der Waals surface area contributed by atoms with Crippen LogP contribution in [0.25, 0.3) is 11.3 Å². The molecule has 0 radical (unpaired) electrons. The Bertz CT molecular complexity index is 938. The summed E-state index contributed by atoms with van der Waals surface area (Å²) < 4.78 is 10.5. The highest BCUT2D eigenvalue weighted by atomic mass is 32.1. The second-order valence-corrected chi connectivity index (χ2v) is 7.65. The summed E-state index contributed by atoms with van der Waals surface area (Å²) in [6, 6.07) is 5.34. The number of esters is 1. The molecule has 30 heavy (non-hydrogen) atoms. The first-order valence-electron chi connectivity index (χ1n) is 9.96. The van der Waals surface area contributed by atoms with E-state index >= 15 is 0 Å². The molecule has 0 spiro atoms. The van der Waals surface area contributed by atoms with Crippen LogP contribution in [0.15, 0.2) is 23.6 Å². The van der Waals surface area contributed by atoms with Gasteiger partial charge in [-0.25, -0.2) is 4.98 Å². The number of benzene rings is 1. The largest absolute Gasteiger partial charge is 0.482 e. The lowest BCUT2D eigenvalue weighted by molar-refractivity contribution is -0.142. The molecule has 0 saturated heterocycles. The lowest BCUT2D eigenvalue weighted by atomic mass is 10.0. The van der Waals surface area contributed by atoms with Crippen LogP contribution >= 0.6 is 11.3 Å². The van der Waals surface area contributed by atoms with Crippen LogP contribution in [-0.2, 0) is 19.1 Å². The van der Waals surface area contributed by atoms with Gasteiger partial charge < -0.3 is 14.8 Å². The molecule has 1 aliphatic rings. The van der Waals surface area contributed by atoms with Crippen LogP contribution < -0.4 is 15.0 Å². The fraction of sp³-hybridized carbons (Fsp3) is 0.429. The minimum atomic E-state index is -0.482. The predicted molar refractivity (Wildman–Crippen MR) is 115 cm³/mol. The van der Waals surface area contributed by atoms with Crippen molar-refractivity contribution >= 4 is 39.9 Å². The number of ether oxygens (including phenoxy) is 2. The topological polar surface area (TPSA) is 97.8 Å². The highest BCUT2D eigenvalue weighted by molar-refractivity contribution is 7.14. The quantitative estimate of drug-likeness (QED) is 0.643. The van der Waals surface area contributed by atoms with Crippen molar-refractivity contribution in [2.75, 3.05) is 30.0 Å². The van der Waals surface area contributed by atoms with Crippen molar-refractivity contribution in [3.63, 3.8) is 0 Å². The van der Waals surface area contributed by atoms with E-state index in [1.807, 2.05) is 25.3 Å². The monoisotopic (exact) mass is 431 g/mol. The van der Waals surface area contributed by atoms with E-state index in [1.165, 1.54) is 16.2 Å². The molecule has 9 heteroatoms. The van der Waals surface area contributed by atoms with E-state index < -0.39 is 5.97 Å². The second kappa shape index (κ2) is 9.71. The average Bonchev–Trinajstić information content (AvgIpc) is 3.19. The molecule has 0 aliphatic carbocycles. The summed E-state index contributed by atoms with van der Waals surface area (Å²) in [5, 5.41) is 5.23. The maximum Gasteiger partial charge on any atom is 0.326 e. The van der Waals surface area contributed by atoms with Gasteiger partial charge in [-0.3, -0.25) is 19.3 Å². The minimum absolute atomic E-state index is 0.0362. The van der Waals surface area contributed by atoms with Gasteiger partial charge >= 0.3 is 5.97 Å². The van der Waals surface area contributed by atoms with Crippen LogP contribution in [0.4, 0.5) is 10.8 Å². The Morgan fingerprint density at radius 2 is 2.07 bits per heavy atom. The maximum atomic E-state index is 12.3. The highest BCUT2D eigenvalue weighted by Crippen LogP contribution is 2.36. The Hall–Kier alpha value is -2.94. The molecule has 1 aromatic heterocycles. The molecule has 3 rings (SSSR count). The number of nitrogens with zero attached hydrogens (tertiary/aromatic N) is 2. The Morgan fingerprint density at radius 1 is 1.30 bits per heavy atom. The third-order valence-electron chi connectivity index (χ3n) is 4.88. The summed E-state index contributed by atoms with van der Waals surface area (Å²) in [5.41, 5.74) is 1.91. The van der Waals surface area contributed by atoms with Crippen molar-refractivity contribution in [3.8, 4) is 17.0 Å². The van der Waals surface area contributed by atoms with Crippen molar-refractivity contribution in [1.82, 2.24) is 4.98 Å². The maximum absolute atomic E-state index is 12.3. The summed E-state index contributed by atoms with van der Waals surface area (Å²) in [4.78, 5) is 42.4. The van der Waals surface area contributed by atoms with Gasteiger partial charge in [-0.2, -0.15) is 0 Å². The predicted octanol–water partition coefficient (Wildman–Crippen LogP) is 3.47. The fourth-order valence-corrected chi connectivity index (χ4v) is 3.92. The third-order valence-corrected chi connectivity index (χ3v) is 5.64. The number of hydrogen-bond acceptors (Lipinski definition) is 7. The molecule has 0 atom stereocenters. The molecule has 2 heterocycles. The smallest absolute Gasteiger partial charge is 0.326 e. The highest BCUT2D eigenvalue weighted by Gasteiger charge is 2.28. The van der Waals surface area contributed by atoms with Gasteiger partial charge in [0.15, 0.2) is 11.7 Å². The zero-order valence-electron chi connectivity index (χ0n) is 17.3. The van der Waals surface area contributed by atoms with Crippen molar-refractivity contribution in [2.24, 2.45) is 5.92 Å². The SMILES string of the molecule is CCOC(=O)CN1C(=O)COc2ccc(-c3csc(NC(=O)C(CC)CC)n3)cc21. The Balaban J connectivity index is 1.83. The zero-order valence-corrected chi connectivity index (χ0v) is 18.1. The minimum Gasteiger partial charge on any atom is -0.482 e. The number of nitrogens with one attached hydrogen (secondary N) is 1. The van der Waals surface area contributed by atoms with Crippen molar-refractivity contribution < 1.29 is 23.9 Å². The van der Waals surface area contributed by atoms with Gasteiger partial charge in [0, 0.05) is 16.9 Å². The van der Waals surface area contributed by atoms with Gasteiger partial charge in [0.2, 0.25) is 5.91 Å². The van der Waals surface area contributed by atoms with E-state index in [9.17, 15) is 14.4 Å². The summed E-state index contributed by atoms with van der Waals surface area (Å²) in [6.45, 7) is 5.62. The first kappa shape index (κ1) is 21.8. The van der Waals surface area contributed by atoms with E-state index in [-0.39, 0.29) is 37.5 Å². The van der Waals surface area contributed by atoms with Crippen molar-refractivity contribution in [3.05, 3.63) is 23.6 Å². The second-order valence-electron chi connectivity index (χ2n) is 6.80. The molecular formula is C21H25N3O5S. The first-order chi connectivity index (χ1) is 14.5. The molecule has 0 saturated carbocycles. The molecule has 8 nitrogen and oxygen atoms in total. The third kappa shape index (κ3) is 4.79. The van der Waals surface area contributed by atoms with Crippen LogP contribution in [0.2, 0.25) is 0 Å². The number of hydrogen-bond donors (Lipinski definition) is 1. The molecule has 2 aromatic rings. The van der Waals surface area contributed by atoms with E-state index in [1.54, 1.807) is 19.1 Å². The standard InChI is InChI=1S/C21H25N3O5S/c1-4-13(5-2)20(27)23-21-22-15(12-30-21)14-7-8-17-16(9-14)24(18(25)11-29-17)10-19(26)28-6-3/h7-9,12-13H,4-6,10-11H2,1-3H3,(H,22,23,27). The number of carbonyl (C=O) groups is 3. The van der Waals surface area contributed by atoms with Crippen molar-refractivity contribution in [1.29, 1.82) is 0 Å². The number of carbonyl (C=O) groups excluding carboxylic acids is 3. The number of rotatable bonds is 8. The molecule has 0 fully saturated rings. The lowest BCUT2D eigenvalue weighted by Gasteiger charge is -2.28. The normalized spacial score (nSPS) is 13.1. The number of aromatic nitrogens is 1. The number of amides is 2. The van der Waals surface area contributed by atoms with Gasteiger partial charge in [0.1, 0.15) is 12.3 Å². The Morgan fingerprint density at radius 3 is 2.77 bits per heavy atom. The zero-order chi connectivity index (χ0) is 21.7. The van der Waals surface area contributed by atoms with Crippen LogP contribution in [-0.4, -0.2) is 42.5 Å². The molecule has 0 bridgehead atoms. The first-order valence-corrected chi connectivity index (χ1v) is 10.8. The van der Waals surface area contributed by atoms with E-state index in [0.717, 1.165) is 18.4 Å². The Labute approximate surface area is 179 Å². The van der Waals surface area contributed by atoms with E-state index in [0.29, 0.717) is 22.3 Å². The summed E-state index contributed by atoms with van der Waals surface area (Å²) in [5.74, 6) is -0.361. The molecular weight excluding hydrogens is 406 g/mol. The van der Waals surface area contributed by atoms with Gasteiger partial charge in [-0.1, -0.05) is 13.8 Å². The summed E-state index contributed by atoms with van der Waals surface area (Å²) in [7, 11) is 0. The molecule has 0 unspecified atom stereocenters. The average molecular weight is 432 g/mol. The molecule has 1 aromatic carbocycles. The summed E-state index contributed by atoms with van der Waals surface area (Å²) >= 11 is 1.34. The van der Waals surface area contributed by atoms with Crippen LogP contribution in [0, 0.1) is 5.92 Å². The van der Waals surface area contributed by atoms with Crippen LogP contribution in [0.1, 0.15) is 33.6 Å². The Kier molecular flexibility index (Phi) is 7.04.